The van der Waals surface area contributed by atoms with Crippen LogP contribution in [0.25, 0.3) is 4.96 Å². The van der Waals surface area contributed by atoms with Crippen LogP contribution in [-0.4, -0.2) is 71.4 Å². The first-order chi connectivity index (χ1) is 11.1. The maximum Gasteiger partial charge on any atom is 0.271 e. The van der Waals surface area contributed by atoms with Gasteiger partial charge in [0.25, 0.3) is 11.5 Å². The molecule has 1 fully saturated rings. The highest BCUT2D eigenvalue weighted by Gasteiger charge is 2.16. The SMILES string of the molecule is Cc1csc2ncc(C(=O)NCCN3CCN(C)CC3)c(=O)n12. The molecule has 0 saturated carbocycles. The minimum atomic E-state index is -0.350. The van der Waals surface area contributed by atoms with Gasteiger partial charge in [0, 0.05) is 56.5 Å². The predicted octanol–water partition coefficient (Wildman–Crippen LogP) is 0.0416. The van der Waals surface area contributed by atoms with Gasteiger partial charge in [0.15, 0.2) is 4.96 Å². The number of carbonyl (C=O) groups is 1. The van der Waals surface area contributed by atoms with Gasteiger partial charge in [0.05, 0.1) is 0 Å². The Hall–Kier alpha value is -1.77. The minimum absolute atomic E-state index is 0.0994. The van der Waals surface area contributed by atoms with Crippen molar-refractivity contribution in [1.29, 1.82) is 0 Å². The molecule has 3 rings (SSSR count). The van der Waals surface area contributed by atoms with E-state index in [0.29, 0.717) is 11.5 Å². The summed E-state index contributed by atoms with van der Waals surface area (Å²) in [7, 11) is 2.11. The summed E-state index contributed by atoms with van der Waals surface area (Å²) in [6.07, 6.45) is 1.37. The largest absolute Gasteiger partial charge is 0.351 e. The Morgan fingerprint density at radius 2 is 2.09 bits per heavy atom. The van der Waals surface area contributed by atoms with Gasteiger partial charge in [-0.1, -0.05) is 0 Å². The zero-order chi connectivity index (χ0) is 16.4. The molecule has 2 aromatic rings. The fraction of sp³-hybridized carbons (Fsp3) is 0.533. The number of aryl methyl sites for hydroxylation is 1. The van der Waals surface area contributed by atoms with Crippen LogP contribution in [0.15, 0.2) is 16.4 Å². The third kappa shape index (κ3) is 3.44. The summed E-state index contributed by atoms with van der Waals surface area (Å²) >= 11 is 1.39. The van der Waals surface area contributed by atoms with E-state index in [1.165, 1.54) is 21.9 Å². The van der Waals surface area contributed by atoms with Crippen molar-refractivity contribution in [3.8, 4) is 0 Å². The highest BCUT2D eigenvalue weighted by molar-refractivity contribution is 7.15. The zero-order valence-electron chi connectivity index (χ0n) is 13.4. The van der Waals surface area contributed by atoms with Gasteiger partial charge in [0.2, 0.25) is 0 Å². The number of amides is 1. The number of aromatic nitrogens is 2. The van der Waals surface area contributed by atoms with E-state index in [-0.39, 0.29) is 17.0 Å². The summed E-state index contributed by atoms with van der Waals surface area (Å²) in [4.78, 5) is 34.1. The van der Waals surface area contributed by atoms with Crippen LogP contribution in [0.3, 0.4) is 0 Å². The Bertz CT molecular complexity index is 761. The molecule has 0 bridgehead atoms. The van der Waals surface area contributed by atoms with E-state index in [2.05, 4.69) is 27.1 Å². The Morgan fingerprint density at radius 3 is 2.83 bits per heavy atom. The molecule has 8 heteroatoms. The number of hydrogen-bond donors (Lipinski definition) is 1. The van der Waals surface area contributed by atoms with Gasteiger partial charge in [0.1, 0.15) is 5.56 Å². The molecule has 23 heavy (non-hydrogen) atoms. The van der Waals surface area contributed by atoms with E-state index in [4.69, 9.17) is 0 Å². The molecule has 0 atom stereocenters. The first-order valence-corrected chi connectivity index (χ1v) is 8.59. The maximum absolute atomic E-state index is 12.4. The first kappa shape index (κ1) is 16.1. The number of thiazole rings is 1. The third-order valence-electron chi connectivity index (χ3n) is 4.17. The van der Waals surface area contributed by atoms with E-state index < -0.39 is 0 Å². The lowest BCUT2D eigenvalue weighted by molar-refractivity contribution is 0.0939. The Balaban J connectivity index is 1.61. The van der Waals surface area contributed by atoms with Crippen molar-refractivity contribution in [2.45, 2.75) is 6.92 Å². The summed E-state index contributed by atoms with van der Waals surface area (Å²) in [5, 5.41) is 4.69. The topological polar surface area (TPSA) is 70.0 Å². The van der Waals surface area contributed by atoms with Crippen LogP contribution < -0.4 is 10.9 Å². The number of fused-ring (bicyclic) bond motifs is 1. The van der Waals surface area contributed by atoms with Crippen LogP contribution in [0, 0.1) is 6.92 Å². The Morgan fingerprint density at radius 1 is 1.35 bits per heavy atom. The van der Waals surface area contributed by atoms with Crippen molar-refractivity contribution in [3.63, 3.8) is 0 Å². The minimum Gasteiger partial charge on any atom is -0.351 e. The van der Waals surface area contributed by atoms with Crippen molar-refractivity contribution in [2.75, 3.05) is 46.3 Å². The summed E-state index contributed by atoms with van der Waals surface area (Å²) < 4.78 is 1.49. The lowest BCUT2D eigenvalue weighted by Crippen LogP contribution is -2.47. The molecule has 124 valence electrons. The number of rotatable bonds is 4. The van der Waals surface area contributed by atoms with Crippen molar-refractivity contribution >= 4 is 22.2 Å². The van der Waals surface area contributed by atoms with E-state index in [0.717, 1.165) is 38.4 Å². The summed E-state index contributed by atoms with van der Waals surface area (Å²) in [6, 6.07) is 0. The Kier molecular flexibility index (Phi) is 4.74. The lowest BCUT2D eigenvalue weighted by atomic mass is 10.3. The molecule has 2 aromatic heterocycles. The first-order valence-electron chi connectivity index (χ1n) is 7.71. The van der Waals surface area contributed by atoms with Crippen LogP contribution in [-0.2, 0) is 0 Å². The van der Waals surface area contributed by atoms with Crippen LogP contribution in [0.4, 0.5) is 0 Å². The zero-order valence-corrected chi connectivity index (χ0v) is 14.2. The molecule has 0 radical (unpaired) electrons. The number of piperazine rings is 1. The molecular formula is C15H21N5O2S. The van der Waals surface area contributed by atoms with Crippen LogP contribution >= 0.6 is 11.3 Å². The molecule has 0 unspecified atom stereocenters. The summed E-state index contributed by atoms with van der Waals surface area (Å²) in [6.45, 7) is 7.29. The normalized spacial score (nSPS) is 16.8. The molecule has 1 aliphatic heterocycles. The van der Waals surface area contributed by atoms with E-state index in [1.807, 2.05) is 12.3 Å². The van der Waals surface area contributed by atoms with Gasteiger partial charge >= 0.3 is 0 Å². The number of nitrogens with one attached hydrogen (secondary N) is 1. The lowest BCUT2D eigenvalue weighted by Gasteiger charge is -2.32. The van der Waals surface area contributed by atoms with Gasteiger partial charge in [-0.3, -0.25) is 18.9 Å². The summed E-state index contributed by atoms with van der Waals surface area (Å²) in [5.41, 5.74) is 0.600. The standard InChI is InChI=1S/C15H21N5O2S/c1-11-10-23-15-17-9-12(14(22)20(11)15)13(21)16-3-4-19-7-5-18(2)6-8-19/h9-10H,3-8H2,1-2H3,(H,16,21). The number of carbonyl (C=O) groups excluding carboxylic acids is 1. The fourth-order valence-corrected chi connectivity index (χ4v) is 3.50. The number of likely N-dealkylation sites (N-methyl/N-ethyl adjacent to an activating group) is 1. The highest BCUT2D eigenvalue weighted by atomic mass is 32.1. The van der Waals surface area contributed by atoms with Gasteiger partial charge in [-0.25, -0.2) is 4.98 Å². The fourth-order valence-electron chi connectivity index (χ4n) is 2.67. The van der Waals surface area contributed by atoms with E-state index in [9.17, 15) is 9.59 Å². The van der Waals surface area contributed by atoms with Crippen molar-refractivity contribution < 1.29 is 4.79 Å². The molecule has 1 saturated heterocycles. The molecule has 0 aromatic carbocycles. The molecule has 0 aliphatic carbocycles. The molecular weight excluding hydrogens is 314 g/mol. The smallest absolute Gasteiger partial charge is 0.271 e. The van der Waals surface area contributed by atoms with Crippen molar-refractivity contribution in [1.82, 2.24) is 24.5 Å². The van der Waals surface area contributed by atoms with Crippen LogP contribution in [0.1, 0.15) is 16.1 Å². The van der Waals surface area contributed by atoms with E-state index >= 15 is 0 Å². The van der Waals surface area contributed by atoms with Gasteiger partial charge < -0.3 is 10.2 Å². The molecule has 0 spiro atoms. The molecule has 7 nitrogen and oxygen atoms in total. The van der Waals surface area contributed by atoms with Gasteiger partial charge in [-0.05, 0) is 14.0 Å². The second-order valence-corrected chi connectivity index (χ2v) is 6.71. The Labute approximate surface area is 138 Å². The van der Waals surface area contributed by atoms with E-state index in [1.54, 1.807) is 0 Å². The third-order valence-corrected chi connectivity index (χ3v) is 5.13. The van der Waals surface area contributed by atoms with Crippen molar-refractivity contribution in [3.05, 3.63) is 33.2 Å². The van der Waals surface area contributed by atoms with Gasteiger partial charge in [-0.2, -0.15) is 0 Å². The number of nitrogens with zero attached hydrogens (tertiary/aromatic N) is 4. The average Bonchev–Trinajstić information content (AvgIpc) is 2.91. The molecule has 1 N–H and O–H groups in total. The predicted molar refractivity (Wildman–Crippen MR) is 90.3 cm³/mol. The van der Waals surface area contributed by atoms with Crippen molar-refractivity contribution in [2.24, 2.45) is 0 Å². The molecule has 1 aliphatic rings. The average molecular weight is 335 g/mol. The second-order valence-electron chi connectivity index (χ2n) is 5.87. The second kappa shape index (κ2) is 6.77. The van der Waals surface area contributed by atoms with Crippen LogP contribution in [0.2, 0.25) is 0 Å². The summed E-state index contributed by atoms with van der Waals surface area (Å²) in [5.74, 6) is -0.350. The molecule has 1 amide bonds. The van der Waals surface area contributed by atoms with Gasteiger partial charge in [-0.15, -0.1) is 11.3 Å². The maximum atomic E-state index is 12.4. The quantitative estimate of drug-likeness (QED) is 0.854. The number of hydrogen-bond acceptors (Lipinski definition) is 6. The van der Waals surface area contributed by atoms with Crippen LogP contribution in [0.5, 0.6) is 0 Å². The molecule has 3 heterocycles. The monoisotopic (exact) mass is 335 g/mol. The highest BCUT2D eigenvalue weighted by Crippen LogP contribution is 2.10.